The van der Waals surface area contributed by atoms with Crippen molar-refractivity contribution in [3.63, 3.8) is 0 Å². The minimum atomic E-state index is 0.785. The van der Waals surface area contributed by atoms with Gasteiger partial charge in [0.1, 0.15) is 0 Å². The van der Waals surface area contributed by atoms with Crippen molar-refractivity contribution in [2.75, 3.05) is 18.9 Å². The molecule has 1 aromatic rings. The van der Waals surface area contributed by atoms with Gasteiger partial charge in [0.25, 0.3) is 0 Å². The topological polar surface area (TPSA) is 15.3 Å². The van der Waals surface area contributed by atoms with E-state index in [1.165, 1.54) is 55.3 Å². The summed E-state index contributed by atoms with van der Waals surface area (Å²) in [5, 5.41) is 3.50. The standard InChI is InChI=1S/C18H28N2/c1-14-5-3-7-17(11-14)20(2)13-15-8-9-18-16(12-15)6-4-10-19-18/h8-9,12,14,17,19H,3-7,10-11,13H2,1-2H3. The molecule has 1 fully saturated rings. The second-order valence-electron chi connectivity index (χ2n) is 6.86. The highest BCUT2D eigenvalue weighted by molar-refractivity contribution is 5.54. The zero-order valence-electron chi connectivity index (χ0n) is 13.0. The van der Waals surface area contributed by atoms with Crippen molar-refractivity contribution in [2.24, 2.45) is 5.92 Å². The molecule has 1 N–H and O–H groups in total. The molecule has 20 heavy (non-hydrogen) atoms. The molecule has 0 amide bonds. The summed E-state index contributed by atoms with van der Waals surface area (Å²) in [5.41, 5.74) is 4.35. The van der Waals surface area contributed by atoms with Crippen molar-refractivity contribution >= 4 is 5.69 Å². The summed E-state index contributed by atoms with van der Waals surface area (Å²) >= 11 is 0. The Morgan fingerprint density at radius 2 is 2.15 bits per heavy atom. The quantitative estimate of drug-likeness (QED) is 0.893. The van der Waals surface area contributed by atoms with Crippen LogP contribution in [0.5, 0.6) is 0 Å². The van der Waals surface area contributed by atoms with Gasteiger partial charge in [0.05, 0.1) is 0 Å². The number of hydrogen-bond donors (Lipinski definition) is 1. The van der Waals surface area contributed by atoms with Gasteiger partial charge in [-0.2, -0.15) is 0 Å². The third kappa shape index (κ3) is 3.17. The predicted octanol–water partition coefficient (Wildman–Crippen LogP) is 4.06. The molecule has 0 bridgehead atoms. The van der Waals surface area contributed by atoms with Crippen LogP contribution in [0.1, 0.15) is 50.2 Å². The van der Waals surface area contributed by atoms with Crippen LogP contribution in [0.3, 0.4) is 0 Å². The van der Waals surface area contributed by atoms with E-state index in [4.69, 9.17) is 0 Å². The molecular weight excluding hydrogens is 244 g/mol. The summed E-state index contributed by atoms with van der Waals surface area (Å²) < 4.78 is 0. The van der Waals surface area contributed by atoms with Gasteiger partial charge in [0, 0.05) is 24.8 Å². The van der Waals surface area contributed by atoms with Crippen LogP contribution in [0.2, 0.25) is 0 Å². The Morgan fingerprint density at radius 3 is 3.00 bits per heavy atom. The number of rotatable bonds is 3. The van der Waals surface area contributed by atoms with Gasteiger partial charge in [-0.05, 0) is 55.8 Å². The molecule has 0 saturated heterocycles. The summed E-state index contributed by atoms with van der Waals surface area (Å²) in [6.45, 7) is 4.64. The molecular formula is C18H28N2. The lowest BCUT2D eigenvalue weighted by atomic mass is 9.86. The molecule has 0 spiro atoms. The molecule has 110 valence electrons. The lowest BCUT2D eigenvalue weighted by molar-refractivity contribution is 0.157. The number of hydrogen-bond acceptors (Lipinski definition) is 2. The average Bonchev–Trinajstić information content (AvgIpc) is 2.47. The smallest absolute Gasteiger partial charge is 0.0372 e. The van der Waals surface area contributed by atoms with Gasteiger partial charge in [-0.15, -0.1) is 0 Å². The number of fused-ring (bicyclic) bond motifs is 1. The van der Waals surface area contributed by atoms with Crippen LogP contribution in [0.25, 0.3) is 0 Å². The monoisotopic (exact) mass is 272 g/mol. The van der Waals surface area contributed by atoms with Crippen LogP contribution in [0, 0.1) is 5.92 Å². The van der Waals surface area contributed by atoms with Crippen LogP contribution in [-0.2, 0) is 13.0 Å². The molecule has 2 nitrogen and oxygen atoms in total. The fourth-order valence-corrected chi connectivity index (χ4v) is 3.85. The molecule has 0 radical (unpaired) electrons. The molecule has 2 atom stereocenters. The highest BCUT2D eigenvalue weighted by Gasteiger charge is 2.22. The summed E-state index contributed by atoms with van der Waals surface area (Å²) in [4.78, 5) is 2.58. The van der Waals surface area contributed by atoms with Gasteiger partial charge in [-0.1, -0.05) is 31.9 Å². The van der Waals surface area contributed by atoms with E-state index in [-0.39, 0.29) is 0 Å². The normalized spacial score (nSPS) is 26.1. The van der Waals surface area contributed by atoms with E-state index >= 15 is 0 Å². The first-order chi connectivity index (χ1) is 9.72. The van der Waals surface area contributed by atoms with Crippen molar-refractivity contribution in [1.29, 1.82) is 0 Å². The lowest BCUT2D eigenvalue weighted by Gasteiger charge is -2.34. The second kappa shape index (κ2) is 6.17. The van der Waals surface area contributed by atoms with Crippen LogP contribution < -0.4 is 5.32 Å². The van der Waals surface area contributed by atoms with Gasteiger partial charge < -0.3 is 5.32 Å². The number of aryl methyl sites for hydroxylation is 1. The molecule has 2 heteroatoms. The zero-order chi connectivity index (χ0) is 13.9. The molecule has 1 aromatic carbocycles. The number of nitrogens with zero attached hydrogens (tertiary/aromatic N) is 1. The van der Waals surface area contributed by atoms with Gasteiger partial charge in [0.15, 0.2) is 0 Å². The minimum Gasteiger partial charge on any atom is -0.385 e. The molecule has 1 aliphatic heterocycles. The number of nitrogens with one attached hydrogen (secondary N) is 1. The maximum atomic E-state index is 3.50. The van der Waals surface area contributed by atoms with Gasteiger partial charge in [-0.3, -0.25) is 4.90 Å². The molecule has 0 aromatic heterocycles. The Labute approximate surface area is 123 Å². The molecule has 2 unspecified atom stereocenters. The van der Waals surface area contributed by atoms with Crippen molar-refractivity contribution in [3.05, 3.63) is 29.3 Å². The minimum absolute atomic E-state index is 0.785. The summed E-state index contributed by atoms with van der Waals surface area (Å²) in [7, 11) is 2.31. The molecule has 1 saturated carbocycles. The van der Waals surface area contributed by atoms with E-state index in [1.807, 2.05) is 0 Å². The van der Waals surface area contributed by atoms with E-state index in [0.717, 1.165) is 25.0 Å². The Hall–Kier alpha value is -1.02. The van der Waals surface area contributed by atoms with Crippen LogP contribution in [0.15, 0.2) is 18.2 Å². The van der Waals surface area contributed by atoms with Crippen LogP contribution in [-0.4, -0.2) is 24.5 Å². The molecule has 2 aliphatic rings. The first kappa shape index (κ1) is 13.9. The summed E-state index contributed by atoms with van der Waals surface area (Å²) in [6.07, 6.45) is 8.10. The van der Waals surface area contributed by atoms with E-state index in [9.17, 15) is 0 Å². The summed E-state index contributed by atoms with van der Waals surface area (Å²) in [6, 6.07) is 7.79. The van der Waals surface area contributed by atoms with Gasteiger partial charge in [-0.25, -0.2) is 0 Å². The van der Waals surface area contributed by atoms with Crippen molar-refractivity contribution < 1.29 is 0 Å². The highest BCUT2D eigenvalue weighted by Crippen LogP contribution is 2.28. The highest BCUT2D eigenvalue weighted by atomic mass is 15.1. The van der Waals surface area contributed by atoms with Crippen LogP contribution >= 0.6 is 0 Å². The van der Waals surface area contributed by atoms with Crippen LogP contribution in [0.4, 0.5) is 5.69 Å². The largest absolute Gasteiger partial charge is 0.385 e. The third-order valence-electron chi connectivity index (χ3n) is 5.07. The maximum Gasteiger partial charge on any atom is 0.0372 e. The Morgan fingerprint density at radius 1 is 1.25 bits per heavy atom. The second-order valence-corrected chi connectivity index (χ2v) is 6.86. The Kier molecular flexibility index (Phi) is 4.30. The van der Waals surface area contributed by atoms with E-state index in [2.05, 4.69) is 42.4 Å². The molecule has 1 heterocycles. The van der Waals surface area contributed by atoms with Crippen molar-refractivity contribution in [2.45, 2.75) is 58.0 Å². The first-order valence-corrected chi connectivity index (χ1v) is 8.28. The van der Waals surface area contributed by atoms with E-state index < -0.39 is 0 Å². The third-order valence-corrected chi connectivity index (χ3v) is 5.07. The first-order valence-electron chi connectivity index (χ1n) is 8.28. The zero-order valence-corrected chi connectivity index (χ0v) is 13.0. The lowest BCUT2D eigenvalue weighted by Crippen LogP contribution is -2.35. The molecule has 3 rings (SSSR count). The van der Waals surface area contributed by atoms with Gasteiger partial charge >= 0.3 is 0 Å². The SMILES string of the molecule is CC1CCCC(N(C)Cc2ccc3c(c2)CCCN3)C1. The van der Waals surface area contributed by atoms with Crippen molar-refractivity contribution in [1.82, 2.24) is 4.90 Å². The van der Waals surface area contributed by atoms with E-state index in [0.29, 0.717) is 0 Å². The summed E-state index contributed by atoms with van der Waals surface area (Å²) in [5.74, 6) is 0.906. The van der Waals surface area contributed by atoms with Crippen molar-refractivity contribution in [3.8, 4) is 0 Å². The number of benzene rings is 1. The number of anilines is 1. The average molecular weight is 272 g/mol. The molecule has 1 aliphatic carbocycles. The fourth-order valence-electron chi connectivity index (χ4n) is 3.85. The Bertz CT molecular complexity index is 455. The Balaban J connectivity index is 1.64. The fraction of sp³-hybridized carbons (Fsp3) is 0.667. The maximum absolute atomic E-state index is 3.50. The predicted molar refractivity (Wildman–Crippen MR) is 86.1 cm³/mol. The van der Waals surface area contributed by atoms with Gasteiger partial charge in [0.2, 0.25) is 0 Å². The van der Waals surface area contributed by atoms with E-state index in [1.54, 1.807) is 0 Å².